The third kappa shape index (κ3) is 3.41. The quantitative estimate of drug-likeness (QED) is 0.771. The van der Waals surface area contributed by atoms with Crippen molar-refractivity contribution in [2.24, 2.45) is 0 Å². The molecule has 1 aromatic carbocycles. The van der Waals surface area contributed by atoms with Crippen molar-refractivity contribution in [2.75, 3.05) is 23.8 Å². The maximum atomic E-state index is 12.8. The van der Waals surface area contributed by atoms with Crippen LogP contribution in [0.15, 0.2) is 27.6 Å². The van der Waals surface area contributed by atoms with E-state index in [1.807, 2.05) is 0 Å². The summed E-state index contributed by atoms with van der Waals surface area (Å²) in [6.45, 7) is 1.91. The normalized spacial score (nSPS) is 21.8. The second kappa shape index (κ2) is 5.86. The lowest BCUT2D eigenvalue weighted by Gasteiger charge is -2.26. The van der Waals surface area contributed by atoms with Crippen LogP contribution in [-0.2, 0) is 19.9 Å². The van der Waals surface area contributed by atoms with Gasteiger partial charge in [0.25, 0.3) is 0 Å². The molecule has 6 nitrogen and oxygen atoms in total. The van der Waals surface area contributed by atoms with Crippen LogP contribution in [0.2, 0.25) is 0 Å². The van der Waals surface area contributed by atoms with Crippen LogP contribution in [0.5, 0.6) is 0 Å². The number of hydrogen-bond donors (Lipinski definition) is 1. The molecule has 1 unspecified atom stereocenters. The molecule has 118 valence electrons. The standard InChI is InChI=1S/C12H17BrN2O4S2/c1-2-15(10-5-6-20(16,17)8-10)21(18,19)12-7-9(14)3-4-11(12)13/h3-4,7,10H,2,5-6,8,14H2,1H3. The smallest absolute Gasteiger partial charge is 0.244 e. The van der Waals surface area contributed by atoms with Crippen LogP contribution in [0.3, 0.4) is 0 Å². The lowest BCUT2D eigenvalue weighted by molar-refractivity contribution is 0.354. The van der Waals surface area contributed by atoms with Crippen molar-refractivity contribution in [3.05, 3.63) is 22.7 Å². The van der Waals surface area contributed by atoms with Gasteiger partial charge in [-0.2, -0.15) is 4.31 Å². The van der Waals surface area contributed by atoms with Crippen molar-refractivity contribution < 1.29 is 16.8 Å². The fraction of sp³-hybridized carbons (Fsp3) is 0.500. The van der Waals surface area contributed by atoms with Gasteiger partial charge in [-0.15, -0.1) is 0 Å². The van der Waals surface area contributed by atoms with Crippen LogP contribution in [0.25, 0.3) is 0 Å². The van der Waals surface area contributed by atoms with Crippen molar-refractivity contribution in [3.8, 4) is 0 Å². The summed E-state index contributed by atoms with van der Waals surface area (Å²) in [5, 5.41) is 0. The van der Waals surface area contributed by atoms with E-state index < -0.39 is 25.9 Å². The zero-order chi connectivity index (χ0) is 15.8. The van der Waals surface area contributed by atoms with E-state index in [4.69, 9.17) is 5.73 Å². The van der Waals surface area contributed by atoms with Gasteiger partial charge in [0.2, 0.25) is 10.0 Å². The van der Waals surface area contributed by atoms with Crippen molar-refractivity contribution in [2.45, 2.75) is 24.3 Å². The minimum Gasteiger partial charge on any atom is -0.399 e. The highest BCUT2D eigenvalue weighted by Gasteiger charge is 2.38. The van der Waals surface area contributed by atoms with Gasteiger partial charge in [-0.1, -0.05) is 6.92 Å². The van der Waals surface area contributed by atoms with Crippen molar-refractivity contribution in [3.63, 3.8) is 0 Å². The summed E-state index contributed by atoms with van der Waals surface area (Å²) in [7, 11) is -6.95. The van der Waals surface area contributed by atoms with Crippen LogP contribution in [0.1, 0.15) is 13.3 Å². The van der Waals surface area contributed by atoms with Crippen LogP contribution in [-0.4, -0.2) is 45.2 Å². The van der Waals surface area contributed by atoms with Crippen LogP contribution in [0, 0.1) is 0 Å². The summed E-state index contributed by atoms with van der Waals surface area (Å²) in [4.78, 5) is 0.0636. The zero-order valence-corrected chi connectivity index (χ0v) is 14.7. The van der Waals surface area contributed by atoms with Crippen molar-refractivity contribution in [1.29, 1.82) is 0 Å². The second-order valence-electron chi connectivity index (χ2n) is 4.96. The predicted octanol–water partition coefficient (Wildman–Crippen LogP) is 1.23. The molecular weight excluding hydrogens is 380 g/mol. The van der Waals surface area contributed by atoms with Crippen LogP contribution < -0.4 is 5.73 Å². The van der Waals surface area contributed by atoms with Gasteiger partial charge in [0, 0.05) is 22.7 Å². The molecule has 1 atom stereocenters. The molecule has 0 radical (unpaired) electrons. The second-order valence-corrected chi connectivity index (χ2v) is 9.90. The number of nitrogens with two attached hydrogens (primary N) is 1. The summed E-state index contributed by atoms with van der Waals surface area (Å²) in [6.07, 6.45) is 0.329. The molecule has 2 rings (SSSR count). The van der Waals surface area contributed by atoms with Gasteiger partial charge in [-0.3, -0.25) is 0 Å². The first-order chi connectivity index (χ1) is 9.67. The molecule has 1 aliphatic rings. The summed E-state index contributed by atoms with van der Waals surface area (Å²) >= 11 is 3.22. The van der Waals surface area contributed by atoms with Crippen LogP contribution in [0.4, 0.5) is 5.69 Å². The first-order valence-corrected chi connectivity index (χ1v) is 10.5. The Balaban J connectivity index is 2.43. The fourth-order valence-corrected chi connectivity index (χ4v) is 6.92. The van der Waals surface area contributed by atoms with E-state index in [0.29, 0.717) is 16.6 Å². The summed E-state index contributed by atoms with van der Waals surface area (Å²) < 4.78 is 50.4. The Morgan fingerprint density at radius 1 is 1.43 bits per heavy atom. The first kappa shape index (κ1) is 16.7. The Labute approximate surface area is 133 Å². The lowest BCUT2D eigenvalue weighted by Crippen LogP contribution is -2.41. The van der Waals surface area contributed by atoms with Crippen molar-refractivity contribution >= 4 is 41.5 Å². The Morgan fingerprint density at radius 3 is 2.62 bits per heavy atom. The molecule has 2 N–H and O–H groups in total. The summed E-state index contributed by atoms with van der Waals surface area (Å²) in [5.41, 5.74) is 6.00. The van der Waals surface area contributed by atoms with E-state index in [1.54, 1.807) is 19.1 Å². The Kier molecular flexibility index (Phi) is 4.67. The summed E-state index contributed by atoms with van der Waals surface area (Å²) in [6, 6.07) is 4.03. The topological polar surface area (TPSA) is 97.5 Å². The number of anilines is 1. The minimum atomic E-state index is -3.80. The minimum absolute atomic E-state index is 0.0295. The number of rotatable bonds is 4. The predicted molar refractivity (Wildman–Crippen MR) is 85.2 cm³/mol. The highest BCUT2D eigenvalue weighted by Crippen LogP contribution is 2.30. The average molecular weight is 397 g/mol. The molecule has 1 aliphatic heterocycles. The molecule has 9 heteroatoms. The monoisotopic (exact) mass is 396 g/mol. The third-order valence-corrected chi connectivity index (χ3v) is 8.24. The molecule has 0 saturated carbocycles. The number of halogens is 1. The zero-order valence-electron chi connectivity index (χ0n) is 11.5. The number of nitrogen functional groups attached to an aromatic ring is 1. The highest BCUT2D eigenvalue weighted by molar-refractivity contribution is 9.10. The molecule has 1 aromatic rings. The van der Waals surface area contributed by atoms with Gasteiger partial charge < -0.3 is 5.73 Å². The van der Waals surface area contributed by atoms with Gasteiger partial charge in [-0.25, -0.2) is 16.8 Å². The average Bonchev–Trinajstić information content (AvgIpc) is 2.73. The molecule has 0 aliphatic carbocycles. The van der Waals surface area contributed by atoms with Gasteiger partial charge in [-0.05, 0) is 40.5 Å². The molecule has 0 spiro atoms. The van der Waals surface area contributed by atoms with E-state index in [9.17, 15) is 16.8 Å². The molecule has 0 aromatic heterocycles. The number of sulfonamides is 1. The number of benzene rings is 1. The maximum Gasteiger partial charge on any atom is 0.244 e. The number of sulfone groups is 1. The first-order valence-electron chi connectivity index (χ1n) is 6.44. The Bertz CT molecular complexity index is 747. The van der Waals surface area contributed by atoms with E-state index >= 15 is 0 Å². The molecule has 0 amide bonds. The highest BCUT2D eigenvalue weighted by atomic mass is 79.9. The van der Waals surface area contributed by atoms with Gasteiger partial charge in [0.15, 0.2) is 9.84 Å². The number of nitrogens with zero attached hydrogens (tertiary/aromatic N) is 1. The van der Waals surface area contributed by atoms with Crippen LogP contribution >= 0.6 is 15.9 Å². The maximum absolute atomic E-state index is 12.8. The van der Waals surface area contributed by atoms with Gasteiger partial charge in [0.05, 0.1) is 16.4 Å². The molecule has 21 heavy (non-hydrogen) atoms. The van der Waals surface area contributed by atoms with E-state index in [1.165, 1.54) is 10.4 Å². The molecular formula is C12H17BrN2O4S2. The molecule has 0 bridgehead atoms. The number of hydrogen-bond acceptors (Lipinski definition) is 5. The van der Waals surface area contributed by atoms with Crippen molar-refractivity contribution in [1.82, 2.24) is 4.31 Å². The summed E-state index contributed by atoms with van der Waals surface area (Å²) in [5.74, 6) is -0.0954. The van der Waals surface area contributed by atoms with E-state index in [0.717, 1.165) is 0 Å². The van der Waals surface area contributed by atoms with E-state index in [2.05, 4.69) is 15.9 Å². The fourth-order valence-electron chi connectivity index (χ4n) is 2.47. The largest absolute Gasteiger partial charge is 0.399 e. The Hall–Kier alpha value is -0.640. The SMILES string of the molecule is CCN(C1CCS(=O)(=O)C1)S(=O)(=O)c1cc(N)ccc1Br. The lowest BCUT2D eigenvalue weighted by atomic mass is 10.3. The molecule has 1 fully saturated rings. The molecule has 1 saturated heterocycles. The third-order valence-electron chi connectivity index (χ3n) is 3.47. The molecule has 1 heterocycles. The van der Waals surface area contributed by atoms with Gasteiger partial charge in [0.1, 0.15) is 0 Å². The Morgan fingerprint density at radius 2 is 2.10 bits per heavy atom. The van der Waals surface area contributed by atoms with E-state index in [-0.39, 0.29) is 22.9 Å². The van der Waals surface area contributed by atoms with Gasteiger partial charge >= 0.3 is 0 Å².